The first-order valence-electron chi connectivity index (χ1n) is 13.1. The van der Waals surface area contributed by atoms with Crippen LogP contribution in [0.15, 0.2) is 36.0 Å². The summed E-state index contributed by atoms with van der Waals surface area (Å²) in [6.07, 6.45) is 2.38. The van der Waals surface area contributed by atoms with Gasteiger partial charge in [0.25, 0.3) is 0 Å². The van der Waals surface area contributed by atoms with Crippen LogP contribution in [0.5, 0.6) is 0 Å². The van der Waals surface area contributed by atoms with Crippen molar-refractivity contribution in [2.45, 2.75) is 81.3 Å². The second-order valence-electron chi connectivity index (χ2n) is 12.7. The van der Waals surface area contributed by atoms with Gasteiger partial charge in [-0.3, -0.25) is 9.59 Å². The van der Waals surface area contributed by atoms with Gasteiger partial charge in [-0.15, -0.1) is 0 Å². The normalized spacial score (nSPS) is 56.2. The fourth-order valence-corrected chi connectivity index (χ4v) is 9.26. The number of ether oxygens (including phenoxy) is 3. The van der Waals surface area contributed by atoms with Gasteiger partial charge in [0.15, 0.2) is 28.4 Å². The zero-order chi connectivity index (χ0) is 27.4. The molecule has 3 N–H and O–H groups in total. The molecule has 3 aliphatic carbocycles. The van der Waals surface area contributed by atoms with Gasteiger partial charge in [-0.1, -0.05) is 31.2 Å². The summed E-state index contributed by atoms with van der Waals surface area (Å²) in [7, 11) is 0. The number of hydrogen-bond acceptors (Lipinski definition) is 10. The molecule has 11 atom stereocenters. The van der Waals surface area contributed by atoms with E-state index < -0.39 is 81.1 Å². The van der Waals surface area contributed by atoms with E-state index in [0.717, 1.165) is 0 Å². The lowest BCUT2D eigenvalue weighted by Gasteiger charge is -2.60. The quantitative estimate of drug-likeness (QED) is 0.230. The van der Waals surface area contributed by atoms with Crippen LogP contribution in [0.3, 0.4) is 0 Å². The van der Waals surface area contributed by atoms with E-state index in [1.165, 1.54) is 19.1 Å². The van der Waals surface area contributed by atoms with Gasteiger partial charge in [-0.05, 0) is 51.5 Å². The minimum absolute atomic E-state index is 0.00631. The van der Waals surface area contributed by atoms with Crippen LogP contribution in [-0.2, 0) is 33.4 Å². The number of rotatable bonds is 0. The fourth-order valence-electron chi connectivity index (χ4n) is 9.26. The molecule has 10 heteroatoms. The molecule has 38 heavy (non-hydrogen) atoms. The number of fused-ring (bicyclic) bond motifs is 9. The highest BCUT2D eigenvalue weighted by Gasteiger charge is 2.92. The summed E-state index contributed by atoms with van der Waals surface area (Å²) in [5, 5.41) is 36.0. The molecule has 0 aromatic rings. The Labute approximate surface area is 218 Å². The van der Waals surface area contributed by atoms with Crippen LogP contribution in [0.4, 0.5) is 0 Å². The summed E-state index contributed by atoms with van der Waals surface area (Å²) in [5.74, 6) is -9.26. The number of allylic oxidation sites excluding steroid dienone is 3. The molecular weight excluding hydrogens is 496 g/mol. The molecule has 1 spiro atoms. The number of aliphatic hydroxyl groups is 3. The number of carbonyl (C=O) groups excluding carboxylic acids is 4. The van der Waals surface area contributed by atoms with Gasteiger partial charge in [-0.2, -0.15) is 0 Å². The highest BCUT2D eigenvalue weighted by Crippen LogP contribution is 2.73. The number of hydrogen-bond donors (Lipinski definition) is 3. The molecule has 7 rings (SSSR count). The van der Waals surface area contributed by atoms with Gasteiger partial charge < -0.3 is 29.5 Å². The van der Waals surface area contributed by atoms with Crippen molar-refractivity contribution in [3.63, 3.8) is 0 Å². The third kappa shape index (κ3) is 2.15. The van der Waals surface area contributed by atoms with Crippen molar-refractivity contribution in [2.75, 3.05) is 0 Å². The zero-order valence-electron chi connectivity index (χ0n) is 21.4. The molecule has 5 fully saturated rings. The SMILES string of the molecule is C=C1C(=O)O[C@@H]2C[C@@]1(C)[C@@H]1C(=O)[C@@]3(O)O[C@]14[C@@]2(C)OC(=O)[C@@]4(O)CC[C@H]1[C@H]3[C@H](O)C=C2CC=CC(=O)[C@@]21C. The summed E-state index contributed by atoms with van der Waals surface area (Å²) in [4.78, 5) is 54.4. The van der Waals surface area contributed by atoms with E-state index in [1.807, 2.05) is 0 Å². The Kier molecular flexibility index (Phi) is 4.20. The maximum absolute atomic E-state index is 14.6. The topological polar surface area (TPSA) is 157 Å². The molecule has 4 bridgehead atoms. The maximum Gasteiger partial charge on any atom is 0.342 e. The average Bonchev–Trinajstić information content (AvgIpc) is 3.19. The van der Waals surface area contributed by atoms with Crippen molar-refractivity contribution >= 4 is 23.5 Å². The second-order valence-corrected chi connectivity index (χ2v) is 12.7. The molecule has 1 saturated carbocycles. The predicted molar refractivity (Wildman–Crippen MR) is 126 cm³/mol. The minimum atomic E-state index is -2.71. The molecule has 0 amide bonds. The molecule has 0 aromatic carbocycles. The van der Waals surface area contributed by atoms with Crippen LogP contribution in [0.25, 0.3) is 0 Å². The Hall–Kier alpha value is -2.66. The molecule has 4 aliphatic heterocycles. The highest BCUT2D eigenvalue weighted by molar-refractivity contribution is 6.02. The number of esters is 2. The van der Waals surface area contributed by atoms with E-state index >= 15 is 0 Å². The van der Waals surface area contributed by atoms with Gasteiger partial charge in [0.1, 0.15) is 6.10 Å². The summed E-state index contributed by atoms with van der Waals surface area (Å²) >= 11 is 0. The van der Waals surface area contributed by atoms with Crippen LogP contribution in [-0.4, -0.2) is 73.6 Å². The number of Topliss-reactive ketones (excluding diaryl/α,β-unsaturated/α-hetero) is 1. The van der Waals surface area contributed by atoms with Crippen molar-refractivity contribution in [3.05, 3.63) is 36.0 Å². The molecule has 10 nitrogen and oxygen atoms in total. The van der Waals surface area contributed by atoms with Crippen LogP contribution >= 0.6 is 0 Å². The van der Waals surface area contributed by atoms with Gasteiger partial charge in [0, 0.05) is 11.0 Å². The summed E-state index contributed by atoms with van der Waals surface area (Å²) in [6.45, 7) is 8.65. The summed E-state index contributed by atoms with van der Waals surface area (Å²) < 4.78 is 17.8. The highest BCUT2D eigenvalue weighted by atomic mass is 16.7. The second kappa shape index (κ2) is 6.55. The van der Waals surface area contributed by atoms with Gasteiger partial charge in [0.05, 0.1) is 23.4 Å². The lowest BCUT2D eigenvalue weighted by molar-refractivity contribution is -0.344. The molecule has 0 radical (unpaired) electrons. The first-order valence-corrected chi connectivity index (χ1v) is 13.1. The van der Waals surface area contributed by atoms with E-state index in [2.05, 4.69) is 6.58 Å². The van der Waals surface area contributed by atoms with E-state index in [9.17, 15) is 34.5 Å². The van der Waals surface area contributed by atoms with Crippen LogP contribution in [0, 0.1) is 28.6 Å². The molecule has 4 heterocycles. The summed E-state index contributed by atoms with van der Waals surface area (Å²) in [6, 6.07) is 0. The number of carbonyl (C=O) groups is 4. The third-order valence-corrected chi connectivity index (χ3v) is 11.3. The number of ketones is 2. The average molecular weight is 527 g/mol. The monoisotopic (exact) mass is 526 g/mol. The smallest absolute Gasteiger partial charge is 0.342 e. The Morgan fingerprint density at radius 3 is 2.53 bits per heavy atom. The third-order valence-electron chi connectivity index (χ3n) is 11.3. The molecule has 7 aliphatic rings. The van der Waals surface area contributed by atoms with Crippen molar-refractivity contribution in [2.24, 2.45) is 28.6 Å². The zero-order valence-corrected chi connectivity index (χ0v) is 21.4. The van der Waals surface area contributed by atoms with Gasteiger partial charge in [-0.25, -0.2) is 9.59 Å². The summed E-state index contributed by atoms with van der Waals surface area (Å²) in [5.41, 5.74) is -8.34. The Bertz CT molecular complexity index is 1350. The Morgan fingerprint density at radius 2 is 1.82 bits per heavy atom. The lowest BCUT2D eigenvalue weighted by Crippen LogP contribution is -2.77. The van der Waals surface area contributed by atoms with Crippen molar-refractivity contribution in [1.29, 1.82) is 0 Å². The minimum Gasteiger partial charge on any atom is -0.455 e. The lowest BCUT2D eigenvalue weighted by atomic mass is 9.47. The van der Waals surface area contributed by atoms with Crippen LogP contribution < -0.4 is 0 Å². The van der Waals surface area contributed by atoms with Gasteiger partial charge in [0.2, 0.25) is 5.79 Å². The van der Waals surface area contributed by atoms with E-state index in [1.54, 1.807) is 19.9 Å². The predicted octanol–water partition coefficient (Wildman–Crippen LogP) is 0.430. The van der Waals surface area contributed by atoms with Crippen LogP contribution in [0.1, 0.15) is 46.5 Å². The molecule has 4 saturated heterocycles. The standard InChI is InChI=1S/C28H30O10/c1-12-21(32)36-17-11-23(12,2)19-20(31)27(35)18-14(24(3)13(10-15(18)29)6-5-7-16(24)30)8-9-26(34)22(33)37-25(17,4)28(19,26)38-27/h5,7,10,14-15,17-19,29,34-35H,1,6,8-9,11H2,2-4H3/t14-,15+,17+,18-,19-,23+,24-,25-,26-,27-,28-/m0/s1. The van der Waals surface area contributed by atoms with Crippen molar-refractivity contribution < 1.29 is 48.7 Å². The Morgan fingerprint density at radius 1 is 1.11 bits per heavy atom. The van der Waals surface area contributed by atoms with Crippen molar-refractivity contribution in [3.8, 4) is 0 Å². The molecule has 202 valence electrons. The maximum atomic E-state index is 14.6. The van der Waals surface area contributed by atoms with E-state index in [-0.39, 0.29) is 30.6 Å². The number of aliphatic hydroxyl groups excluding tert-OH is 1. The largest absolute Gasteiger partial charge is 0.455 e. The van der Waals surface area contributed by atoms with Crippen LogP contribution in [0.2, 0.25) is 0 Å². The first-order chi connectivity index (χ1) is 17.6. The molecule has 0 unspecified atom stereocenters. The van der Waals surface area contributed by atoms with E-state index in [0.29, 0.717) is 12.0 Å². The molecule has 0 aromatic heterocycles. The van der Waals surface area contributed by atoms with Crippen molar-refractivity contribution in [1.82, 2.24) is 0 Å². The van der Waals surface area contributed by atoms with E-state index in [4.69, 9.17) is 14.2 Å². The molecular formula is C28H30O10. The van der Waals surface area contributed by atoms with Gasteiger partial charge >= 0.3 is 11.9 Å². The first kappa shape index (κ1) is 24.4. The fraction of sp³-hybridized carbons (Fsp3) is 0.643. The Balaban J connectivity index is 1.52.